The van der Waals surface area contributed by atoms with Gasteiger partial charge in [0.25, 0.3) is 0 Å². The minimum Gasteiger partial charge on any atom is -0.353 e. The fourth-order valence-corrected chi connectivity index (χ4v) is 5.51. The third kappa shape index (κ3) is 3.72. The molecule has 7 heteroatoms. The lowest BCUT2D eigenvalue weighted by Crippen LogP contribution is -2.47. The van der Waals surface area contributed by atoms with E-state index in [9.17, 15) is 9.65 Å². The second-order valence-electron chi connectivity index (χ2n) is 7.91. The molecule has 2 aromatic carbocycles. The summed E-state index contributed by atoms with van der Waals surface area (Å²) in [5, 5.41) is 10.9. The molecule has 160 valence electrons. The highest BCUT2D eigenvalue weighted by Gasteiger charge is 2.27. The van der Waals surface area contributed by atoms with Crippen LogP contribution in [-0.2, 0) is 0 Å². The molecule has 1 atom stereocenters. The van der Waals surface area contributed by atoms with E-state index in [1.54, 1.807) is 29.8 Å². The van der Waals surface area contributed by atoms with Gasteiger partial charge in [-0.1, -0.05) is 42.5 Å². The highest BCUT2D eigenvalue weighted by atomic mass is 32.1. The van der Waals surface area contributed by atoms with E-state index >= 15 is 0 Å². The van der Waals surface area contributed by atoms with Crippen molar-refractivity contribution in [2.75, 3.05) is 31.1 Å². The molecule has 1 fully saturated rings. The molecule has 5 nitrogen and oxygen atoms in total. The third-order valence-corrected chi connectivity index (χ3v) is 7.28. The molecule has 32 heavy (non-hydrogen) atoms. The number of aromatic nitrogens is 2. The van der Waals surface area contributed by atoms with Gasteiger partial charge >= 0.3 is 0 Å². The maximum absolute atomic E-state index is 13.3. The second-order valence-corrected chi connectivity index (χ2v) is 8.90. The fourth-order valence-electron chi connectivity index (χ4n) is 4.36. The highest BCUT2D eigenvalue weighted by Crippen LogP contribution is 2.40. The Morgan fingerprint density at radius 3 is 2.41 bits per heavy atom. The molecule has 5 rings (SSSR count). The molecule has 0 N–H and O–H groups in total. The highest BCUT2D eigenvalue weighted by molar-refractivity contribution is 7.22. The average Bonchev–Trinajstić information content (AvgIpc) is 3.18. The Labute approximate surface area is 190 Å². The summed E-state index contributed by atoms with van der Waals surface area (Å²) in [6, 6.07) is 18.6. The monoisotopic (exact) mass is 443 g/mol. The first-order valence-electron chi connectivity index (χ1n) is 10.6. The summed E-state index contributed by atoms with van der Waals surface area (Å²) >= 11 is 1.70. The topological polar surface area (TPSA) is 56.1 Å². The van der Waals surface area contributed by atoms with Crippen LogP contribution in [0, 0.1) is 24.1 Å². The van der Waals surface area contributed by atoms with E-state index in [1.807, 2.05) is 6.07 Å². The smallest absolute Gasteiger partial charge is 0.141 e. The van der Waals surface area contributed by atoms with Crippen molar-refractivity contribution in [1.29, 1.82) is 5.26 Å². The zero-order valence-electron chi connectivity index (χ0n) is 17.7. The number of piperazine rings is 1. The number of nitrogens with zero attached hydrogens (tertiary/aromatic N) is 5. The summed E-state index contributed by atoms with van der Waals surface area (Å²) in [5.74, 6) is 0.671. The maximum atomic E-state index is 13.3. The first-order valence-corrected chi connectivity index (χ1v) is 11.4. The van der Waals surface area contributed by atoms with E-state index in [0.29, 0.717) is 0 Å². The van der Waals surface area contributed by atoms with E-state index < -0.39 is 0 Å². The number of benzene rings is 2. The van der Waals surface area contributed by atoms with Gasteiger partial charge in [-0.3, -0.25) is 4.90 Å². The minimum absolute atomic E-state index is 0.288. The summed E-state index contributed by atoms with van der Waals surface area (Å²) in [7, 11) is 0. The van der Waals surface area contributed by atoms with Gasteiger partial charge in [0, 0.05) is 31.1 Å². The molecular weight excluding hydrogens is 421 g/mol. The number of halogens is 1. The van der Waals surface area contributed by atoms with Crippen molar-refractivity contribution in [2.45, 2.75) is 13.0 Å². The lowest BCUT2D eigenvalue weighted by Gasteiger charge is -2.37. The van der Waals surface area contributed by atoms with E-state index in [-0.39, 0.29) is 11.9 Å². The lowest BCUT2D eigenvalue weighted by atomic mass is 10.1. The van der Waals surface area contributed by atoms with Crippen molar-refractivity contribution in [1.82, 2.24) is 14.9 Å². The van der Waals surface area contributed by atoms with Gasteiger partial charge in [-0.25, -0.2) is 14.4 Å². The van der Waals surface area contributed by atoms with Crippen molar-refractivity contribution in [3.05, 3.63) is 77.9 Å². The molecular formula is C25H22FN5S. The molecule has 3 heterocycles. The third-order valence-electron chi connectivity index (χ3n) is 6.03. The molecule has 1 aliphatic rings. The summed E-state index contributed by atoms with van der Waals surface area (Å²) in [6.45, 7) is 5.14. The van der Waals surface area contributed by atoms with Gasteiger partial charge < -0.3 is 4.90 Å². The molecule has 0 spiro atoms. The maximum Gasteiger partial charge on any atom is 0.141 e. The van der Waals surface area contributed by atoms with Gasteiger partial charge in [-0.05, 0) is 35.7 Å². The van der Waals surface area contributed by atoms with E-state index in [1.165, 1.54) is 28.1 Å². The van der Waals surface area contributed by atoms with Crippen molar-refractivity contribution < 1.29 is 4.39 Å². The fraction of sp³-hybridized carbons (Fsp3) is 0.240. The van der Waals surface area contributed by atoms with Crippen LogP contribution in [0.25, 0.3) is 20.7 Å². The Morgan fingerprint density at radius 1 is 1.00 bits per heavy atom. The number of aryl methyl sites for hydroxylation is 1. The quantitative estimate of drug-likeness (QED) is 0.434. The SMILES string of the molecule is Cc1c(-c2ccccc2)sc2ncnc(N3CCN(C(C#N)c4ccc(F)cc4)CC3)c12. The summed E-state index contributed by atoms with van der Waals surface area (Å²) < 4.78 is 13.3. The predicted octanol–water partition coefficient (Wildman–Crippen LogP) is 5.19. The number of hydrogen-bond donors (Lipinski definition) is 0. The summed E-state index contributed by atoms with van der Waals surface area (Å²) in [5.41, 5.74) is 3.23. The molecule has 1 unspecified atom stereocenters. The molecule has 1 aliphatic heterocycles. The Bertz CT molecular complexity index is 1270. The van der Waals surface area contributed by atoms with Crippen LogP contribution >= 0.6 is 11.3 Å². The molecule has 2 aromatic heterocycles. The van der Waals surface area contributed by atoms with Crippen LogP contribution in [0.1, 0.15) is 17.2 Å². The second kappa shape index (κ2) is 8.65. The van der Waals surface area contributed by atoms with Crippen LogP contribution < -0.4 is 4.90 Å². The van der Waals surface area contributed by atoms with Gasteiger partial charge in [0.2, 0.25) is 0 Å². The van der Waals surface area contributed by atoms with Crippen molar-refractivity contribution in [2.24, 2.45) is 0 Å². The number of rotatable bonds is 4. The van der Waals surface area contributed by atoms with Crippen LogP contribution in [0.3, 0.4) is 0 Å². The van der Waals surface area contributed by atoms with Gasteiger partial charge in [0.05, 0.1) is 11.5 Å². The van der Waals surface area contributed by atoms with Crippen LogP contribution in [0.4, 0.5) is 10.2 Å². The number of fused-ring (bicyclic) bond motifs is 1. The normalized spacial score (nSPS) is 15.6. The molecule has 0 radical (unpaired) electrons. The Hall–Kier alpha value is -3.34. The van der Waals surface area contributed by atoms with Crippen LogP contribution in [-0.4, -0.2) is 41.0 Å². The standard InChI is InChI=1S/C25H22FN5S/c1-17-22-24(28-16-29-25(22)32-23(17)19-5-3-2-4-6-19)31-13-11-30(12-14-31)21(15-27)18-7-9-20(26)10-8-18/h2-10,16,21H,11-14H2,1H3. The van der Waals surface area contributed by atoms with Gasteiger partial charge in [0.1, 0.15) is 28.8 Å². The van der Waals surface area contributed by atoms with Crippen molar-refractivity contribution in [3.63, 3.8) is 0 Å². The Morgan fingerprint density at radius 2 is 1.72 bits per heavy atom. The first kappa shape index (κ1) is 20.6. The van der Waals surface area contributed by atoms with Crippen LogP contribution in [0.5, 0.6) is 0 Å². The molecule has 1 saturated heterocycles. The minimum atomic E-state index is -0.379. The van der Waals surface area contributed by atoms with Gasteiger partial charge in [-0.2, -0.15) is 5.26 Å². The number of nitriles is 1. The summed E-state index contributed by atoms with van der Waals surface area (Å²) in [4.78, 5) is 15.9. The van der Waals surface area contributed by atoms with Crippen LogP contribution in [0.2, 0.25) is 0 Å². The molecule has 0 amide bonds. The molecule has 0 bridgehead atoms. The molecule has 0 saturated carbocycles. The largest absolute Gasteiger partial charge is 0.353 e. The lowest BCUT2D eigenvalue weighted by molar-refractivity contribution is 0.222. The van der Waals surface area contributed by atoms with Gasteiger partial charge in [0.15, 0.2) is 0 Å². The van der Waals surface area contributed by atoms with E-state index in [0.717, 1.165) is 47.8 Å². The van der Waals surface area contributed by atoms with Gasteiger partial charge in [-0.15, -0.1) is 11.3 Å². The van der Waals surface area contributed by atoms with E-state index in [4.69, 9.17) is 0 Å². The van der Waals surface area contributed by atoms with Crippen molar-refractivity contribution in [3.8, 4) is 16.5 Å². The number of hydrogen-bond acceptors (Lipinski definition) is 6. The molecule has 4 aromatic rings. The zero-order chi connectivity index (χ0) is 22.1. The first-order chi connectivity index (χ1) is 15.7. The Kier molecular flexibility index (Phi) is 5.56. The summed E-state index contributed by atoms with van der Waals surface area (Å²) in [6.07, 6.45) is 1.64. The van der Waals surface area contributed by atoms with Crippen molar-refractivity contribution >= 4 is 27.4 Å². The zero-order valence-corrected chi connectivity index (χ0v) is 18.5. The average molecular weight is 444 g/mol. The van der Waals surface area contributed by atoms with E-state index in [2.05, 4.69) is 57.0 Å². The number of thiophene rings is 1. The predicted molar refractivity (Wildman–Crippen MR) is 126 cm³/mol. The van der Waals surface area contributed by atoms with Crippen LogP contribution in [0.15, 0.2) is 60.9 Å². The number of anilines is 1. The molecule has 0 aliphatic carbocycles. The Balaban J connectivity index is 1.40.